The lowest BCUT2D eigenvalue weighted by atomic mass is 10.1. The maximum atomic E-state index is 12.3. The zero-order valence-electron chi connectivity index (χ0n) is 10.4. The van der Waals surface area contributed by atoms with Crippen molar-refractivity contribution in [2.75, 3.05) is 5.73 Å². The topological polar surface area (TPSA) is 82.8 Å². The van der Waals surface area contributed by atoms with Gasteiger partial charge in [-0.25, -0.2) is 0 Å². The Hall–Kier alpha value is -2.35. The lowest BCUT2D eigenvalue weighted by Crippen LogP contribution is -1.90. The van der Waals surface area contributed by atoms with E-state index in [1.165, 1.54) is 12.4 Å². The molecule has 2 aromatic heterocycles. The summed E-state index contributed by atoms with van der Waals surface area (Å²) in [5.74, 6) is 0.701. The molecule has 8 heteroatoms. The number of rotatable bonds is 3. The molecule has 3 aromatic rings. The maximum absolute atomic E-state index is 12.3. The number of aryl methyl sites for hydroxylation is 1. The molecule has 0 saturated carbocycles. The number of benzene rings is 1. The predicted octanol–water partition coefficient (Wildman–Crippen LogP) is 2.87. The second-order valence-corrected chi connectivity index (χ2v) is 4.71. The number of nitrogens with two attached hydrogens (primary N) is 1. The lowest BCUT2D eigenvalue weighted by Gasteiger charge is -2.00. The molecule has 0 radical (unpaired) electrons. The van der Waals surface area contributed by atoms with Crippen LogP contribution in [0.2, 0.25) is 0 Å². The van der Waals surface area contributed by atoms with Crippen molar-refractivity contribution in [1.82, 2.24) is 19.3 Å². The molecule has 0 aliphatic rings. The minimum atomic E-state index is -0.00979. The Morgan fingerprint density at radius 3 is 2.90 bits per heavy atom. The van der Waals surface area contributed by atoms with Crippen LogP contribution >= 0.6 is 12.3 Å². The van der Waals surface area contributed by atoms with Crippen LogP contribution in [0.1, 0.15) is 5.56 Å². The molecule has 0 aliphatic carbocycles. The Morgan fingerprint density at radius 1 is 1.35 bits per heavy atom. The number of hydrogen-bond acceptors (Lipinski definition) is 6. The van der Waals surface area contributed by atoms with Gasteiger partial charge in [0.2, 0.25) is 5.82 Å². The van der Waals surface area contributed by atoms with E-state index >= 15 is 0 Å². The van der Waals surface area contributed by atoms with Gasteiger partial charge in [-0.1, -0.05) is 17.3 Å². The van der Waals surface area contributed by atoms with Crippen molar-refractivity contribution in [3.05, 3.63) is 36.2 Å². The van der Waals surface area contributed by atoms with E-state index in [4.69, 9.17) is 10.3 Å². The molecule has 0 amide bonds. The van der Waals surface area contributed by atoms with Gasteiger partial charge >= 0.3 is 0 Å². The third-order valence-corrected chi connectivity index (χ3v) is 3.18. The van der Waals surface area contributed by atoms with Crippen molar-refractivity contribution in [3.63, 3.8) is 0 Å². The van der Waals surface area contributed by atoms with Crippen LogP contribution in [0.4, 0.5) is 9.57 Å². The maximum Gasteiger partial charge on any atom is 0.261 e. The molecular formula is C12H10FN5OS. The summed E-state index contributed by atoms with van der Waals surface area (Å²) in [6, 6.07) is 5.53. The molecule has 0 spiro atoms. The summed E-state index contributed by atoms with van der Waals surface area (Å²) in [6.45, 7) is 1.92. The Morgan fingerprint density at radius 2 is 2.20 bits per heavy atom. The third kappa shape index (κ3) is 2.25. The van der Waals surface area contributed by atoms with Gasteiger partial charge in [0.25, 0.3) is 5.89 Å². The quantitative estimate of drug-likeness (QED) is 0.747. The smallest absolute Gasteiger partial charge is 0.261 e. The summed E-state index contributed by atoms with van der Waals surface area (Å²) >= 11 is -0.00979. The van der Waals surface area contributed by atoms with Gasteiger partial charge in [0, 0.05) is 11.3 Å². The molecule has 0 bridgehead atoms. The molecule has 6 nitrogen and oxygen atoms in total. The molecule has 0 atom stereocenters. The second-order valence-electron chi connectivity index (χ2n) is 4.20. The summed E-state index contributed by atoms with van der Waals surface area (Å²) in [5, 5.41) is 7.67. The molecule has 0 saturated heterocycles. The number of anilines is 1. The highest BCUT2D eigenvalue weighted by Gasteiger charge is 2.13. The third-order valence-electron chi connectivity index (χ3n) is 2.84. The lowest BCUT2D eigenvalue weighted by molar-refractivity contribution is 0.432. The zero-order chi connectivity index (χ0) is 14.1. The number of nitrogen functional groups attached to an aromatic ring is 1. The van der Waals surface area contributed by atoms with E-state index in [1.54, 1.807) is 6.07 Å². The van der Waals surface area contributed by atoms with Gasteiger partial charge < -0.3 is 10.3 Å². The molecule has 102 valence electrons. The first-order chi connectivity index (χ1) is 9.67. The van der Waals surface area contributed by atoms with Gasteiger partial charge in [-0.3, -0.25) is 0 Å². The number of aromatic nitrogens is 4. The highest BCUT2D eigenvalue weighted by atomic mass is 32.2. The van der Waals surface area contributed by atoms with Crippen LogP contribution in [-0.4, -0.2) is 19.3 Å². The van der Waals surface area contributed by atoms with Crippen molar-refractivity contribution in [1.29, 1.82) is 0 Å². The van der Waals surface area contributed by atoms with Gasteiger partial charge in [-0.15, -0.1) is 3.89 Å². The van der Waals surface area contributed by atoms with Gasteiger partial charge in [-0.2, -0.15) is 14.2 Å². The normalized spacial score (nSPS) is 10.9. The van der Waals surface area contributed by atoms with Crippen LogP contribution < -0.4 is 5.73 Å². The standard InChI is InChI=1S/C12H10FN5OS/c1-7-2-3-8(4-10(7)14)11-16-12(19-17-11)9-5-15-18(6-9)20-13/h2-6H,14H2,1H3. The highest BCUT2D eigenvalue weighted by Crippen LogP contribution is 2.25. The largest absolute Gasteiger partial charge is 0.398 e. The fraction of sp³-hybridized carbons (Fsp3) is 0.0833. The van der Waals surface area contributed by atoms with E-state index in [2.05, 4.69) is 15.2 Å². The van der Waals surface area contributed by atoms with Gasteiger partial charge in [-0.05, 0) is 18.6 Å². The zero-order valence-corrected chi connectivity index (χ0v) is 11.3. The minimum Gasteiger partial charge on any atom is -0.398 e. The van der Waals surface area contributed by atoms with E-state index in [1.807, 2.05) is 19.1 Å². The molecule has 2 N–H and O–H groups in total. The van der Waals surface area contributed by atoms with Crippen LogP contribution in [0.25, 0.3) is 22.8 Å². The second kappa shape index (κ2) is 4.97. The summed E-state index contributed by atoms with van der Waals surface area (Å²) in [7, 11) is 0. The Balaban J connectivity index is 1.95. The van der Waals surface area contributed by atoms with Crippen molar-refractivity contribution < 1.29 is 8.41 Å². The SMILES string of the molecule is Cc1ccc(-c2noc(-c3cnn(SF)c3)n2)cc1N. The number of hydrogen-bond donors (Lipinski definition) is 1. The molecule has 3 rings (SSSR count). The van der Waals surface area contributed by atoms with E-state index in [0.29, 0.717) is 17.1 Å². The fourth-order valence-electron chi connectivity index (χ4n) is 1.69. The average Bonchev–Trinajstić information content (AvgIpc) is 3.09. The Kier molecular flexibility index (Phi) is 3.15. The van der Waals surface area contributed by atoms with E-state index in [-0.39, 0.29) is 18.2 Å². The number of halogens is 1. The van der Waals surface area contributed by atoms with Gasteiger partial charge in [0.15, 0.2) is 12.3 Å². The monoisotopic (exact) mass is 291 g/mol. The van der Waals surface area contributed by atoms with E-state index in [9.17, 15) is 3.89 Å². The molecule has 0 fully saturated rings. The Labute approximate surface area is 118 Å². The van der Waals surface area contributed by atoms with E-state index < -0.39 is 0 Å². The average molecular weight is 291 g/mol. The van der Waals surface area contributed by atoms with Gasteiger partial charge in [0.1, 0.15) is 0 Å². The molecular weight excluding hydrogens is 281 g/mol. The fourth-order valence-corrected chi connectivity index (χ4v) is 1.93. The van der Waals surface area contributed by atoms with Crippen molar-refractivity contribution in [2.24, 2.45) is 0 Å². The summed E-state index contributed by atoms with van der Waals surface area (Å²) in [4.78, 5) is 4.25. The van der Waals surface area contributed by atoms with Crippen LogP contribution in [0, 0.1) is 6.92 Å². The first-order valence-corrected chi connectivity index (χ1v) is 6.39. The summed E-state index contributed by atoms with van der Waals surface area (Å²) in [6.07, 6.45) is 2.92. The van der Waals surface area contributed by atoms with Gasteiger partial charge in [0.05, 0.1) is 18.0 Å². The number of nitrogens with zero attached hydrogens (tertiary/aromatic N) is 4. The first-order valence-electron chi connectivity index (χ1n) is 5.71. The summed E-state index contributed by atoms with van der Waals surface area (Å²) < 4.78 is 18.5. The summed E-state index contributed by atoms with van der Waals surface area (Å²) in [5.41, 5.74) is 8.81. The molecule has 20 heavy (non-hydrogen) atoms. The first kappa shape index (κ1) is 12.7. The van der Waals surface area contributed by atoms with Crippen LogP contribution in [0.3, 0.4) is 0 Å². The van der Waals surface area contributed by atoms with Crippen LogP contribution in [0.15, 0.2) is 35.1 Å². The van der Waals surface area contributed by atoms with Crippen LogP contribution in [0.5, 0.6) is 0 Å². The molecule has 2 heterocycles. The van der Waals surface area contributed by atoms with Crippen LogP contribution in [-0.2, 0) is 0 Å². The minimum absolute atomic E-state index is 0.00979. The predicted molar refractivity (Wildman–Crippen MR) is 74.2 cm³/mol. The van der Waals surface area contributed by atoms with Crippen molar-refractivity contribution in [3.8, 4) is 22.8 Å². The van der Waals surface area contributed by atoms with E-state index in [0.717, 1.165) is 15.2 Å². The van der Waals surface area contributed by atoms with Crippen molar-refractivity contribution in [2.45, 2.75) is 6.92 Å². The molecule has 1 aromatic carbocycles. The molecule has 0 unspecified atom stereocenters. The Bertz CT molecular complexity index is 754. The van der Waals surface area contributed by atoms with Crippen molar-refractivity contribution >= 4 is 18.0 Å². The molecule has 0 aliphatic heterocycles. The highest BCUT2D eigenvalue weighted by molar-refractivity contribution is 7.92.